The van der Waals surface area contributed by atoms with Crippen LogP contribution in [0.2, 0.25) is 0 Å². The highest BCUT2D eigenvalue weighted by molar-refractivity contribution is 7.99. The Kier molecular flexibility index (Phi) is 4.60. The van der Waals surface area contributed by atoms with Crippen molar-refractivity contribution in [3.8, 4) is 0 Å². The number of thioether (sulfide) groups is 1. The first-order chi connectivity index (χ1) is 9.00. The summed E-state index contributed by atoms with van der Waals surface area (Å²) in [6, 6.07) is -0.522. The van der Waals surface area contributed by atoms with Gasteiger partial charge in [0.15, 0.2) is 0 Å². The van der Waals surface area contributed by atoms with E-state index in [4.69, 9.17) is 0 Å². The molecule has 3 unspecified atom stereocenters. The quantitative estimate of drug-likeness (QED) is 0.840. The zero-order chi connectivity index (χ0) is 14.0. The number of piperidine rings is 1. The van der Waals surface area contributed by atoms with Crippen LogP contribution >= 0.6 is 11.8 Å². The fourth-order valence-electron chi connectivity index (χ4n) is 2.79. The third kappa shape index (κ3) is 3.16. The molecular weight excluding hydrogens is 264 g/mol. The van der Waals surface area contributed by atoms with Crippen molar-refractivity contribution in [3.63, 3.8) is 0 Å². The molecule has 6 heteroatoms. The number of nitrogens with zero attached hydrogens (tertiary/aromatic N) is 2. The summed E-state index contributed by atoms with van der Waals surface area (Å²) in [4.78, 5) is 27.1. The summed E-state index contributed by atoms with van der Waals surface area (Å²) in [6.07, 6.45) is 2.46. The maximum Gasteiger partial charge on any atom is 0.326 e. The first-order valence-electron chi connectivity index (χ1n) is 6.84. The summed E-state index contributed by atoms with van der Waals surface area (Å²) >= 11 is 1.85. The van der Waals surface area contributed by atoms with Gasteiger partial charge < -0.3 is 14.9 Å². The second-order valence-electron chi connectivity index (χ2n) is 5.59. The number of amides is 2. The van der Waals surface area contributed by atoms with Gasteiger partial charge in [0, 0.05) is 25.4 Å². The summed E-state index contributed by atoms with van der Waals surface area (Å²) < 4.78 is 0. The van der Waals surface area contributed by atoms with Gasteiger partial charge in [0.2, 0.25) is 0 Å². The van der Waals surface area contributed by atoms with Crippen LogP contribution in [0.5, 0.6) is 0 Å². The molecular formula is C13H22N2O3S. The van der Waals surface area contributed by atoms with Crippen molar-refractivity contribution in [2.45, 2.75) is 38.3 Å². The molecule has 0 saturated carbocycles. The van der Waals surface area contributed by atoms with Crippen LogP contribution in [0.3, 0.4) is 0 Å². The van der Waals surface area contributed by atoms with Gasteiger partial charge in [-0.15, -0.1) is 0 Å². The Labute approximate surface area is 118 Å². The molecule has 1 N–H and O–H groups in total. The SMILES string of the molecule is CC1CCN(C(=O)N(C)C2CCSC2)C(C(=O)O)C1. The van der Waals surface area contributed by atoms with Gasteiger partial charge in [0.25, 0.3) is 0 Å². The van der Waals surface area contributed by atoms with Crippen molar-refractivity contribution in [1.29, 1.82) is 0 Å². The van der Waals surface area contributed by atoms with Gasteiger partial charge in [-0.25, -0.2) is 9.59 Å². The van der Waals surface area contributed by atoms with E-state index < -0.39 is 12.0 Å². The molecule has 19 heavy (non-hydrogen) atoms. The molecule has 0 aromatic heterocycles. The monoisotopic (exact) mass is 286 g/mol. The Hall–Kier alpha value is -0.910. The second kappa shape index (κ2) is 6.03. The first-order valence-corrected chi connectivity index (χ1v) is 8.00. The largest absolute Gasteiger partial charge is 0.480 e. The fraction of sp³-hybridized carbons (Fsp3) is 0.846. The van der Waals surface area contributed by atoms with E-state index in [0.717, 1.165) is 24.3 Å². The molecule has 2 fully saturated rings. The number of aliphatic carboxylic acids is 1. The highest BCUT2D eigenvalue weighted by Gasteiger charge is 2.37. The molecule has 2 amide bonds. The van der Waals surface area contributed by atoms with E-state index in [1.165, 1.54) is 0 Å². The number of likely N-dealkylation sites (tertiary alicyclic amines) is 1. The molecule has 0 aromatic rings. The van der Waals surface area contributed by atoms with E-state index in [1.54, 1.807) is 16.8 Å². The Balaban J connectivity index is 2.05. The molecule has 0 spiro atoms. The molecule has 2 aliphatic heterocycles. The summed E-state index contributed by atoms with van der Waals surface area (Å²) in [5.41, 5.74) is 0. The van der Waals surface area contributed by atoms with Gasteiger partial charge in [-0.1, -0.05) is 6.92 Å². The molecule has 2 saturated heterocycles. The fourth-order valence-corrected chi connectivity index (χ4v) is 4.06. The van der Waals surface area contributed by atoms with Crippen molar-refractivity contribution in [2.75, 3.05) is 25.1 Å². The summed E-state index contributed by atoms with van der Waals surface area (Å²) in [5.74, 6) is 1.54. The molecule has 0 bridgehead atoms. The van der Waals surface area contributed by atoms with E-state index in [9.17, 15) is 14.7 Å². The van der Waals surface area contributed by atoms with E-state index in [1.807, 2.05) is 11.8 Å². The van der Waals surface area contributed by atoms with Crippen molar-refractivity contribution >= 4 is 23.8 Å². The van der Waals surface area contributed by atoms with Crippen LogP contribution in [0, 0.1) is 5.92 Å². The number of carbonyl (C=O) groups is 2. The Morgan fingerprint density at radius 2 is 2.11 bits per heavy atom. The zero-order valence-corrected chi connectivity index (χ0v) is 12.4. The summed E-state index contributed by atoms with van der Waals surface area (Å²) in [5, 5.41) is 9.31. The second-order valence-corrected chi connectivity index (χ2v) is 6.74. The molecule has 108 valence electrons. The smallest absolute Gasteiger partial charge is 0.326 e. The molecule has 0 aromatic carbocycles. The van der Waals surface area contributed by atoms with E-state index in [2.05, 4.69) is 6.92 Å². The van der Waals surface area contributed by atoms with Gasteiger partial charge in [-0.3, -0.25) is 0 Å². The van der Waals surface area contributed by atoms with Crippen molar-refractivity contribution in [1.82, 2.24) is 9.80 Å². The molecule has 3 atom stereocenters. The van der Waals surface area contributed by atoms with Crippen molar-refractivity contribution < 1.29 is 14.7 Å². The summed E-state index contributed by atoms with van der Waals surface area (Å²) in [6.45, 7) is 2.61. The van der Waals surface area contributed by atoms with E-state index in [-0.39, 0.29) is 12.1 Å². The normalized spacial score (nSPS) is 31.3. The molecule has 0 aliphatic carbocycles. The van der Waals surface area contributed by atoms with Gasteiger partial charge >= 0.3 is 12.0 Å². The number of rotatable bonds is 2. The predicted molar refractivity (Wildman–Crippen MR) is 75.4 cm³/mol. The summed E-state index contributed by atoms with van der Waals surface area (Å²) in [7, 11) is 1.80. The minimum Gasteiger partial charge on any atom is -0.480 e. The number of urea groups is 1. The van der Waals surface area contributed by atoms with Crippen LogP contribution in [-0.2, 0) is 4.79 Å². The van der Waals surface area contributed by atoms with Crippen LogP contribution in [0.25, 0.3) is 0 Å². The average Bonchev–Trinajstić information content (AvgIpc) is 2.90. The van der Waals surface area contributed by atoms with Gasteiger partial charge in [0.1, 0.15) is 6.04 Å². The lowest BCUT2D eigenvalue weighted by molar-refractivity contribution is -0.144. The van der Waals surface area contributed by atoms with Gasteiger partial charge in [-0.05, 0) is 30.9 Å². The average molecular weight is 286 g/mol. The lowest BCUT2D eigenvalue weighted by Gasteiger charge is -2.39. The highest BCUT2D eigenvalue weighted by atomic mass is 32.2. The maximum atomic E-state index is 12.5. The molecule has 5 nitrogen and oxygen atoms in total. The number of carbonyl (C=O) groups excluding carboxylic acids is 1. The lowest BCUT2D eigenvalue weighted by Crippen LogP contribution is -2.55. The minimum atomic E-state index is -0.880. The number of carboxylic acid groups (broad SMARTS) is 1. The van der Waals surface area contributed by atoms with E-state index >= 15 is 0 Å². The van der Waals surface area contributed by atoms with Crippen molar-refractivity contribution in [2.24, 2.45) is 5.92 Å². The van der Waals surface area contributed by atoms with Crippen LogP contribution in [0.15, 0.2) is 0 Å². The Morgan fingerprint density at radius 1 is 1.37 bits per heavy atom. The number of hydrogen-bond donors (Lipinski definition) is 1. The van der Waals surface area contributed by atoms with Gasteiger partial charge in [0.05, 0.1) is 0 Å². The number of carboxylic acids is 1. The van der Waals surface area contributed by atoms with Crippen LogP contribution in [-0.4, -0.2) is 64.1 Å². The molecule has 0 radical (unpaired) electrons. The standard InChI is InChI=1S/C13H22N2O3S/c1-9-3-5-15(11(7-9)12(16)17)13(18)14(2)10-4-6-19-8-10/h9-11H,3-8H2,1-2H3,(H,16,17). The van der Waals surface area contributed by atoms with Crippen molar-refractivity contribution in [3.05, 3.63) is 0 Å². The van der Waals surface area contributed by atoms with Crippen LogP contribution in [0.4, 0.5) is 4.79 Å². The maximum absolute atomic E-state index is 12.5. The van der Waals surface area contributed by atoms with E-state index in [0.29, 0.717) is 18.9 Å². The van der Waals surface area contributed by atoms with Crippen LogP contribution < -0.4 is 0 Å². The third-order valence-electron chi connectivity index (χ3n) is 4.15. The number of hydrogen-bond acceptors (Lipinski definition) is 3. The third-order valence-corrected chi connectivity index (χ3v) is 5.30. The predicted octanol–water partition coefficient (Wildman–Crippen LogP) is 1.73. The molecule has 2 rings (SSSR count). The Morgan fingerprint density at radius 3 is 2.68 bits per heavy atom. The minimum absolute atomic E-state index is 0.119. The lowest BCUT2D eigenvalue weighted by atomic mass is 9.92. The Bertz CT molecular complexity index is 358. The zero-order valence-electron chi connectivity index (χ0n) is 11.5. The van der Waals surface area contributed by atoms with Gasteiger partial charge in [-0.2, -0.15) is 11.8 Å². The first kappa shape index (κ1) is 14.5. The highest BCUT2D eigenvalue weighted by Crippen LogP contribution is 2.26. The topological polar surface area (TPSA) is 60.9 Å². The molecule has 2 aliphatic rings. The molecule has 2 heterocycles. The van der Waals surface area contributed by atoms with Crippen LogP contribution in [0.1, 0.15) is 26.2 Å².